The third-order valence-corrected chi connectivity index (χ3v) is 8.13. The normalized spacial score (nSPS) is 20.9. The molecule has 1 heterocycles. The van der Waals surface area contributed by atoms with Crippen molar-refractivity contribution in [2.75, 3.05) is 18.4 Å². The predicted octanol–water partition coefficient (Wildman–Crippen LogP) is 5.55. The van der Waals surface area contributed by atoms with E-state index in [0.29, 0.717) is 37.4 Å². The topological polar surface area (TPSA) is 120 Å². The number of unbranched alkanes of at least 4 members (excludes halogenated alkanes) is 2. The Hall–Kier alpha value is -3.08. The molecule has 9 nitrogen and oxygen atoms in total. The number of nitrogens with zero attached hydrogens (tertiary/aromatic N) is 1. The molecule has 9 heteroatoms. The first-order valence-electron chi connectivity index (χ1n) is 15.2. The maximum atomic E-state index is 12.6. The van der Waals surface area contributed by atoms with Crippen LogP contribution in [0.3, 0.4) is 0 Å². The Morgan fingerprint density at radius 3 is 2.40 bits per heavy atom. The van der Waals surface area contributed by atoms with Crippen LogP contribution in [0, 0.1) is 0 Å². The van der Waals surface area contributed by atoms with E-state index in [1.54, 1.807) is 5.48 Å². The van der Waals surface area contributed by atoms with Gasteiger partial charge in [-0.3, -0.25) is 19.7 Å². The van der Waals surface area contributed by atoms with Crippen molar-refractivity contribution in [3.63, 3.8) is 0 Å². The zero-order valence-electron chi connectivity index (χ0n) is 24.4. The minimum atomic E-state index is -0.602. The lowest BCUT2D eigenvalue weighted by molar-refractivity contribution is -0.253. The minimum absolute atomic E-state index is 0.00253. The van der Waals surface area contributed by atoms with Crippen LogP contribution in [0.15, 0.2) is 61.2 Å². The molecule has 2 fully saturated rings. The van der Waals surface area contributed by atoms with Gasteiger partial charge in [0.15, 0.2) is 6.29 Å². The first kappa shape index (κ1) is 31.8. The van der Waals surface area contributed by atoms with Crippen molar-refractivity contribution in [1.82, 2.24) is 10.4 Å². The molecule has 3 atom stereocenters. The molecule has 4 N–H and O–H groups in total. The number of hydrogen-bond donors (Lipinski definition) is 4. The molecular weight excluding hydrogens is 534 g/mol. The lowest BCUT2D eigenvalue weighted by Crippen LogP contribution is -2.43. The van der Waals surface area contributed by atoms with Crippen molar-refractivity contribution >= 4 is 17.5 Å². The van der Waals surface area contributed by atoms with Crippen molar-refractivity contribution in [2.24, 2.45) is 0 Å². The minimum Gasteiger partial charge on any atom is -0.392 e. The van der Waals surface area contributed by atoms with Crippen molar-refractivity contribution in [2.45, 2.75) is 95.4 Å². The summed E-state index contributed by atoms with van der Waals surface area (Å²) in [4.78, 5) is 26.2. The number of hydrogen-bond acceptors (Lipinski definition) is 7. The number of hydroxylamine groups is 1. The smallest absolute Gasteiger partial charge is 0.243 e. The van der Waals surface area contributed by atoms with Gasteiger partial charge in [0.25, 0.3) is 0 Å². The quantitative estimate of drug-likeness (QED) is 0.0945. The Morgan fingerprint density at radius 1 is 0.976 bits per heavy atom. The average molecular weight is 580 g/mol. The number of aliphatic hydroxyl groups is 1. The molecule has 1 saturated carbocycles. The highest BCUT2D eigenvalue weighted by atomic mass is 16.7. The van der Waals surface area contributed by atoms with E-state index in [2.05, 4.69) is 16.8 Å². The molecule has 2 aromatic rings. The highest BCUT2D eigenvalue weighted by Gasteiger charge is 2.34. The monoisotopic (exact) mass is 579 g/mol. The predicted molar refractivity (Wildman–Crippen MR) is 161 cm³/mol. The third-order valence-electron chi connectivity index (χ3n) is 8.13. The van der Waals surface area contributed by atoms with E-state index in [-0.39, 0.29) is 31.1 Å². The molecule has 0 bridgehead atoms. The molecule has 1 aliphatic carbocycles. The fraction of sp³-hybridized carbons (Fsp3) is 0.515. The molecular formula is C33H45N3O6. The standard InChI is InChI=1S/C33H45N3O6/c1-2-19-36(28-11-6-7-12-28)22-29-21-30(25-17-15-24(23-37)16-18-25)42-33(41-29)26-9-8-10-27(20-26)34-31(38)13-4-3-5-14-32(39)35-40/h2,8-10,15-18,20,28-30,33,37,40H,1,3-7,11-14,19,21-23H2,(H,34,38)(H,35,39). The van der Waals surface area contributed by atoms with Gasteiger partial charge in [0.05, 0.1) is 18.8 Å². The number of anilines is 1. The van der Waals surface area contributed by atoms with E-state index in [4.69, 9.17) is 14.7 Å². The summed E-state index contributed by atoms with van der Waals surface area (Å²) in [6, 6.07) is 16.0. The summed E-state index contributed by atoms with van der Waals surface area (Å²) in [7, 11) is 0. The van der Waals surface area contributed by atoms with Crippen LogP contribution in [0.4, 0.5) is 5.69 Å². The van der Waals surface area contributed by atoms with E-state index in [1.165, 1.54) is 25.7 Å². The van der Waals surface area contributed by atoms with Crippen molar-refractivity contribution in [1.29, 1.82) is 0 Å². The van der Waals surface area contributed by atoms with Crippen LogP contribution in [-0.2, 0) is 25.7 Å². The summed E-state index contributed by atoms with van der Waals surface area (Å²) in [6.45, 7) is 5.60. The number of benzene rings is 2. The van der Waals surface area contributed by atoms with Gasteiger partial charge < -0.3 is 19.9 Å². The molecule has 1 saturated heterocycles. The van der Waals surface area contributed by atoms with Gasteiger partial charge in [-0.05, 0) is 48.9 Å². The van der Waals surface area contributed by atoms with Gasteiger partial charge in [0, 0.05) is 49.6 Å². The molecule has 4 rings (SSSR count). The van der Waals surface area contributed by atoms with Crippen LogP contribution in [-0.4, -0.2) is 52.3 Å². The Labute approximate surface area is 248 Å². The average Bonchev–Trinajstić information content (AvgIpc) is 3.56. The molecule has 0 radical (unpaired) electrons. The molecule has 2 aliphatic rings. The van der Waals surface area contributed by atoms with Gasteiger partial charge in [-0.1, -0.05) is 61.7 Å². The van der Waals surface area contributed by atoms with E-state index in [9.17, 15) is 14.7 Å². The number of nitrogens with one attached hydrogen (secondary N) is 2. The van der Waals surface area contributed by atoms with E-state index in [1.807, 2.05) is 54.6 Å². The third kappa shape index (κ3) is 9.47. The van der Waals surface area contributed by atoms with E-state index >= 15 is 0 Å². The number of carbonyl (C=O) groups is 2. The number of amides is 2. The van der Waals surface area contributed by atoms with Gasteiger partial charge in [-0.15, -0.1) is 6.58 Å². The summed E-state index contributed by atoms with van der Waals surface area (Å²) in [5.41, 5.74) is 5.03. The first-order valence-corrected chi connectivity index (χ1v) is 15.2. The SMILES string of the molecule is C=CCN(CC1CC(c2ccc(CO)cc2)OC(c2cccc(NC(=O)CCCCCC(=O)NO)c2)O1)C1CCCC1. The fourth-order valence-electron chi connectivity index (χ4n) is 5.89. The molecule has 1 aliphatic heterocycles. The molecule has 2 amide bonds. The maximum absolute atomic E-state index is 12.6. The summed E-state index contributed by atoms with van der Waals surface area (Å²) in [6.07, 6.45) is 9.33. The van der Waals surface area contributed by atoms with Crippen LogP contribution in [0.5, 0.6) is 0 Å². The van der Waals surface area contributed by atoms with Gasteiger partial charge in [-0.2, -0.15) is 0 Å². The Morgan fingerprint density at radius 2 is 1.71 bits per heavy atom. The van der Waals surface area contributed by atoms with Gasteiger partial charge >= 0.3 is 0 Å². The number of carbonyl (C=O) groups excluding carboxylic acids is 2. The van der Waals surface area contributed by atoms with E-state index < -0.39 is 12.2 Å². The van der Waals surface area contributed by atoms with Crippen molar-refractivity contribution < 1.29 is 29.4 Å². The van der Waals surface area contributed by atoms with Gasteiger partial charge in [0.1, 0.15) is 0 Å². The molecule has 42 heavy (non-hydrogen) atoms. The fourth-order valence-corrected chi connectivity index (χ4v) is 5.89. The molecule has 2 aromatic carbocycles. The second-order valence-electron chi connectivity index (χ2n) is 11.3. The Kier molecular flexibility index (Phi) is 12.5. The molecule has 0 aromatic heterocycles. The van der Waals surface area contributed by atoms with Crippen LogP contribution < -0.4 is 10.8 Å². The van der Waals surface area contributed by atoms with Gasteiger partial charge in [0.2, 0.25) is 11.8 Å². The number of aliphatic hydroxyl groups excluding tert-OH is 1. The van der Waals surface area contributed by atoms with Crippen LogP contribution in [0.25, 0.3) is 0 Å². The Bertz CT molecular complexity index is 1150. The second-order valence-corrected chi connectivity index (χ2v) is 11.3. The molecule has 3 unspecified atom stereocenters. The summed E-state index contributed by atoms with van der Waals surface area (Å²) < 4.78 is 13.1. The van der Waals surface area contributed by atoms with Crippen LogP contribution in [0.1, 0.15) is 93.3 Å². The zero-order chi connectivity index (χ0) is 29.7. The maximum Gasteiger partial charge on any atom is 0.243 e. The van der Waals surface area contributed by atoms with Crippen LogP contribution >= 0.6 is 0 Å². The highest BCUT2D eigenvalue weighted by Crippen LogP contribution is 2.39. The highest BCUT2D eigenvalue weighted by molar-refractivity contribution is 5.90. The second kappa shape index (κ2) is 16.5. The number of rotatable bonds is 15. The zero-order valence-corrected chi connectivity index (χ0v) is 24.4. The van der Waals surface area contributed by atoms with Crippen molar-refractivity contribution in [3.05, 3.63) is 77.9 Å². The molecule has 228 valence electrons. The van der Waals surface area contributed by atoms with Crippen molar-refractivity contribution in [3.8, 4) is 0 Å². The summed E-state index contributed by atoms with van der Waals surface area (Å²) in [5, 5.41) is 21.0. The lowest BCUT2D eigenvalue weighted by atomic mass is 9.99. The largest absolute Gasteiger partial charge is 0.392 e. The summed E-state index contributed by atoms with van der Waals surface area (Å²) in [5.74, 6) is -0.511. The summed E-state index contributed by atoms with van der Waals surface area (Å²) >= 11 is 0. The molecule has 0 spiro atoms. The van der Waals surface area contributed by atoms with E-state index in [0.717, 1.165) is 36.2 Å². The number of ether oxygens (including phenoxy) is 2. The first-order chi connectivity index (χ1) is 20.5. The van der Waals surface area contributed by atoms with Gasteiger partial charge in [-0.25, -0.2) is 5.48 Å². The van der Waals surface area contributed by atoms with Crippen LogP contribution in [0.2, 0.25) is 0 Å². The lowest BCUT2D eigenvalue weighted by Gasteiger charge is -2.39. The Balaban J connectivity index is 1.43.